The molecule has 1 aromatic carbocycles. The van der Waals surface area contributed by atoms with Crippen LogP contribution in [-0.2, 0) is 4.79 Å². The van der Waals surface area contributed by atoms with E-state index in [9.17, 15) is 14.0 Å². The molecule has 1 atom stereocenters. The van der Waals surface area contributed by atoms with Gasteiger partial charge in [-0.05, 0) is 38.3 Å². The van der Waals surface area contributed by atoms with E-state index >= 15 is 0 Å². The Hall–Kier alpha value is -1.62. The number of likely N-dealkylation sites (tertiary alicyclic amines) is 1. The molecule has 0 unspecified atom stereocenters. The first-order valence-electron chi connectivity index (χ1n) is 7.04. The molecule has 21 heavy (non-hydrogen) atoms. The van der Waals surface area contributed by atoms with E-state index in [0.717, 1.165) is 25.3 Å². The monoisotopic (exact) mass is 312 g/mol. The van der Waals surface area contributed by atoms with Crippen LogP contribution in [0, 0.1) is 5.82 Å². The number of carbonyl (C=O) groups is 2. The number of nitrogens with zero attached hydrogens (tertiary/aromatic N) is 1. The van der Waals surface area contributed by atoms with Gasteiger partial charge in [0.05, 0.1) is 10.6 Å². The summed E-state index contributed by atoms with van der Waals surface area (Å²) in [5, 5.41) is 2.55. The molecule has 1 aliphatic rings. The van der Waals surface area contributed by atoms with Crippen molar-refractivity contribution in [2.45, 2.75) is 32.2 Å². The molecule has 0 aromatic heterocycles. The van der Waals surface area contributed by atoms with Crippen LogP contribution < -0.4 is 5.32 Å². The molecule has 1 saturated heterocycles. The van der Waals surface area contributed by atoms with Crippen molar-refractivity contribution >= 4 is 23.4 Å². The van der Waals surface area contributed by atoms with Crippen LogP contribution >= 0.6 is 11.6 Å². The van der Waals surface area contributed by atoms with Gasteiger partial charge in [-0.25, -0.2) is 4.39 Å². The summed E-state index contributed by atoms with van der Waals surface area (Å²) in [6, 6.07) is 3.33. The van der Waals surface area contributed by atoms with Gasteiger partial charge < -0.3 is 10.2 Å². The third-order valence-corrected chi connectivity index (χ3v) is 3.89. The van der Waals surface area contributed by atoms with Crippen molar-refractivity contribution in [3.63, 3.8) is 0 Å². The maximum absolute atomic E-state index is 13.7. The van der Waals surface area contributed by atoms with Gasteiger partial charge in [0.1, 0.15) is 11.9 Å². The fourth-order valence-corrected chi connectivity index (χ4v) is 2.68. The number of amides is 2. The van der Waals surface area contributed by atoms with Crippen molar-refractivity contribution < 1.29 is 14.0 Å². The molecule has 0 bridgehead atoms. The Morgan fingerprint density at radius 2 is 1.95 bits per heavy atom. The van der Waals surface area contributed by atoms with Gasteiger partial charge in [-0.1, -0.05) is 17.7 Å². The molecule has 2 rings (SSSR count). The quantitative estimate of drug-likeness (QED) is 0.932. The fourth-order valence-electron chi connectivity index (χ4n) is 2.43. The molecule has 0 radical (unpaired) electrons. The van der Waals surface area contributed by atoms with Gasteiger partial charge in [-0.15, -0.1) is 0 Å². The van der Waals surface area contributed by atoms with Crippen LogP contribution in [0.2, 0.25) is 5.02 Å². The highest BCUT2D eigenvalue weighted by atomic mass is 35.5. The predicted molar refractivity (Wildman–Crippen MR) is 78.8 cm³/mol. The van der Waals surface area contributed by atoms with Crippen molar-refractivity contribution in [2.24, 2.45) is 0 Å². The number of hydrogen-bond acceptors (Lipinski definition) is 2. The maximum atomic E-state index is 13.7. The maximum Gasteiger partial charge on any atom is 0.256 e. The van der Waals surface area contributed by atoms with Crippen LogP contribution in [-0.4, -0.2) is 35.8 Å². The Morgan fingerprint density at radius 1 is 1.29 bits per heavy atom. The van der Waals surface area contributed by atoms with Crippen molar-refractivity contribution in [3.05, 3.63) is 34.6 Å². The second-order valence-electron chi connectivity index (χ2n) is 5.18. The highest BCUT2D eigenvalue weighted by Gasteiger charge is 2.25. The van der Waals surface area contributed by atoms with Gasteiger partial charge in [-0.3, -0.25) is 9.59 Å². The summed E-state index contributed by atoms with van der Waals surface area (Å²) in [6.07, 6.45) is 3.08. The molecule has 1 aliphatic heterocycles. The molecule has 4 nitrogen and oxygen atoms in total. The number of halogens is 2. The SMILES string of the molecule is C[C@H](NC(=O)c1c(F)cccc1Cl)C(=O)N1CCCCC1. The summed E-state index contributed by atoms with van der Waals surface area (Å²) in [6.45, 7) is 3.02. The first kappa shape index (κ1) is 15.8. The number of rotatable bonds is 3. The molecule has 1 fully saturated rings. The number of benzene rings is 1. The van der Waals surface area contributed by atoms with E-state index in [1.54, 1.807) is 11.8 Å². The molecule has 2 amide bonds. The van der Waals surface area contributed by atoms with Crippen molar-refractivity contribution in [1.29, 1.82) is 0 Å². The lowest BCUT2D eigenvalue weighted by Gasteiger charge is -2.29. The van der Waals surface area contributed by atoms with Crippen LogP contribution in [0.25, 0.3) is 0 Å². The van der Waals surface area contributed by atoms with Gasteiger partial charge in [0.25, 0.3) is 5.91 Å². The standard InChI is InChI=1S/C15H18ClFN2O2/c1-10(15(21)19-8-3-2-4-9-19)18-14(20)13-11(16)6-5-7-12(13)17/h5-7,10H,2-4,8-9H2,1H3,(H,18,20)/t10-/m0/s1. The van der Waals surface area contributed by atoms with Crippen molar-refractivity contribution in [1.82, 2.24) is 10.2 Å². The van der Waals surface area contributed by atoms with Gasteiger partial charge in [0.2, 0.25) is 5.91 Å². The van der Waals surface area contributed by atoms with E-state index < -0.39 is 17.8 Å². The third kappa shape index (κ3) is 3.73. The highest BCUT2D eigenvalue weighted by Crippen LogP contribution is 2.19. The van der Waals surface area contributed by atoms with E-state index in [-0.39, 0.29) is 16.5 Å². The summed E-state index contributed by atoms with van der Waals surface area (Å²) >= 11 is 5.84. The molecule has 0 saturated carbocycles. The van der Waals surface area contributed by atoms with E-state index in [1.165, 1.54) is 12.1 Å². The normalized spacial score (nSPS) is 16.4. The van der Waals surface area contributed by atoms with Crippen LogP contribution in [0.5, 0.6) is 0 Å². The lowest BCUT2D eigenvalue weighted by molar-refractivity contribution is -0.133. The Labute approximate surface area is 128 Å². The second kappa shape index (κ2) is 6.89. The largest absolute Gasteiger partial charge is 0.341 e. The minimum atomic E-state index is -0.703. The van der Waals surface area contributed by atoms with Crippen molar-refractivity contribution in [2.75, 3.05) is 13.1 Å². The summed E-state index contributed by atoms with van der Waals surface area (Å²) in [5.74, 6) is -1.51. The van der Waals surface area contributed by atoms with Gasteiger partial charge in [-0.2, -0.15) is 0 Å². The van der Waals surface area contributed by atoms with Crippen molar-refractivity contribution in [3.8, 4) is 0 Å². The Bertz CT molecular complexity index is 524. The van der Waals surface area contributed by atoms with Crippen LogP contribution in [0.15, 0.2) is 18.2 Å². The van der Waals surface area contributed by atoms with E-state index in [2.05, 4.69) is 5.32 Å². The fraction of sp³-hybridized carbons (Fsp3) is 0.467. The Morgan fingerprint density at radius 3 is 2.57 bits per heavy atom. The zero-order valence-electron chi connectivity index (χ0n) is 11.9. The average Bonchev–Trinajstić information content (AvgIpc) is 2.47. The second-order valence-corrected chi connectivity index (χ2v) is 5.58. The van der Waals surface area contributed by atoms with Gasteiger partial charge in [0.15, 0.2) is 0 Å². The zero-order chi connectivity index (χ0) is 15.4. The molecule has 0 spiro atoms. The number of carbonyl (C=O) groups excluding carboxylic acids is 2. The molecule has 1 heterocycles. The van der Waals surface area contributed by atoms with Crippen LogP contribution in [0.3, 0.4) is 0 Å². The topological polar surface area (TPSA) is 49.4 Å². The highest BCUT2D eigenvalue weighted by molar-refractivity contribution is 6.33. The summed E-state index contributed by atoms with van der Waals surface area (Å²) in [5.41, 5.74) is -0.225. The number of nitrogens with one attached hydrogen (secondary N) is 1. The predicted octanol–water partition coefficient (Wildman–Crippen LogP) is 2.61. The minimum absolute atomic E-state index is 0.0325. The minimum Gasteiger partial charge on any atom is -0.341 e. The molecule has 0 aliphatic carbocycles. The van der Waals surface area contributed by atoms with E-state index in [4.69, 9.17) is 11.6 Å². The molecule has 114 valence electrons. The molecule has 1 aromatic rings. The Kier molecular flexibility index (Phi) is 5.17. The molecular formula is C15H18ClFN2O2. The first-order chi connectivity index (χ1) is 10.0. The lowest BCUT2D eigenvalue weighted by Crippen LogP contribution is -2.48. The lowest BCUT2D eigenvalue weighted by atomic mass is 10.1. The third-order valence-electron chi connectivity index (χ3n) is 3.58. The molecule has 6 heteroatoms. The smallest absolute Gasteiger partial charge is 0.256 e. The summed E-state index contributed by atoms with van der Waals surface area (Å²) in [4.78, 5) is 26.0. The zero-order valence-corrected chi connectivity index (χ0v) is 12.6. The summed E-state index contributed by atoms with van der Waals surface area (Å²) < 4.78 is 13.7. The average molecular weight is 313 g/mol. The number of piperidine rings is 1. The van der Waals surface area contributed by atoms with Gasteiger partial charge in [0, 0.05) is 13.1 Å². The number of hydrogen-bond donors (Lipinski definition) is 1. The van der Waals surface area contributed by atoms with Crippen LogP contribution in [0.4, 0.5) is 4.39 Å². The van der Waals surface area contributed by atoms with E-state index in [1.807, 2.05) is 0 Å². The van der Waals surface area contributed by atoms with Gasteiger partial charge >= 0.3 is 0 Å². The van der Waals surface area contributed by atoms with E-state index in [0.29, 0.717) is 13.1 Å². The Balaban J connectivity index is 2.03. The molecular weight excluding hydrogens is 295 g/mol. The summed E-state index contributed by atoms with van der Waals surface area (Å²) in [7, 11) is 0. The molecule has 1 N–H and O–H groups in total. The van der Waals surface area contributed by atoms with Crippen LogP contribution in [0.1, 0.15) is 36.5 Å². The first-order valence-corrected chi connectivity index (χ1v) is 7.42.